The summed E-state index contributed by atoms with van der Waals surface area (Å²) in [6, 6.07) is 0.541. The third-order valence-corrected chi connectivity index (χ3v) is 3.99. The van der Waals surface area contributed by atoms with Crippen LogP contribution in [-0.2, 0) is 4.74 Å². The van der Waals surface area contributed by atoms with Crippen LogP contribution in [0.2, 0.25) is 0 Å². The second-order valence-corrected chi connectivity index (χ2v) is 5.64. The van der Waals surface area contributed by atoms with E-state index in [1.54, 1.807) is 0 Å². The first-order valence-electron chi connectivity index (χ1n) is 7.52. The van der Waals surface area contributed by atoms with Crippen LogP contribution in [0.4, 0.5) is 0 Å². The molecular formula is C15H27NO2. The van der Waals surface area contributed by atoms with E-state index in [2.05, 4.69) is 17.5 Å². The van der Waals surface area contributed by atoms with Gasteiger partial charge in [0.25, 0.3) is 0 Å². The highest BCUT2D eigenvalue weighted by atomic mass is 16.5. The van der Waals surface area contributed by atoms with Gasteiger partial charge < -0.3 is 15.2 Å². The van der Waals surface area contributed by atoms with Crippen LogP contribution in [0.1, 0.15) is 51.4 Å². The number of ether oxygens (including phenoxy) is 1. The van der Waals surface area contributed by atoms with Crippen molar-refractivity contribution in [2.75, 3.05) is 13.2 Å². The monoisotopic (exact) mass is 253 g/mol. The van der Waals surface area contributed by atoms with E-state index in [9.17, 15) is 5.11 Å². The van der Waals surface area contributed by atoms with E-state index in [-0.39, 0.29) is 6.10 Å². The summed E-state index contributed by atoms with van der Waals surface area (Å²) >= 11 is 0. The molecule has 2 aliphatic rings. The summed E-state index contributed by atoms with van der Waals surface area (Å²) in [6.07, 6.45) is 14.2. The molecule has 2 atom stereocenters. The van der Waals surface area contributed by atoms with Crippen LogP contribution in [0.25, 0.3) is 0 Å². The van der Waals surface area contributed by atoms with Crippen LogP contribution in [0, 0.1) is 0 Å². The van der Waals surface area contributed by atoms with Gasteiger partial charge in [0, 0.05) is 12.6 Å². The van der Waals surface area contributed by atoms with E-state index >= 15 is 0 Å². The first-order chi connectivity index (χ1) is 8.84. The lowest BCUT2D eigenvalue weighted by atomic mass is 9.98. The van der Waals surface area contributed by atoms with Gasteiger partial charge in [0.05, 0.1) is 18.8 Å². The summed E-state index contributed by atoms with van der Waals surface area (Å²) in [6.45, 7) is 1.14. The normalized spacial score (nSPS) is 27.3. The minimum atomic E-state index is -0.363. The van der Waals surface area contributed by atoms with Gasteiger partial charge in [-0.1, -0.05) is 31.4 Å². The Morgan fingerprint density at radius 3 is 2.72 bits per heavy atom. The van der Waals surface area contributed by atoms with Gasteiger partial charge in [-0.05, 0) is 32.1 Å². The van der Waals surface area contributed by atoms with Crippen molar-refractivity contribution < 1.29 is 9.84 Å². The standard InChI is InChI=1S/C15H27NO2/c17-14(11-16-13-7-3-1-4-8-13)12-18-15-9-5-2-6-10-15/h1,3,13-17H,2,4-12H2. The molecule has 3 heteroatoms. The Bertz CT molecular complexity index is 249. The zero-order valence-electron chi connectivity index (χ0n) is 11.3. The molecule has 0 heterocycles. The van der Waals surface area contributed by atoms with Crippen LogP contribution in [-0.4, -0.2) is 36.5 Å². The summed E-state index contributed by atoms with van der Waals surface area (Å²) < 4.78 is 5.78. The fourth-order valence-corrected chi connectivity index (χ4v) is 2.82. The molecule has 0 aliphatic heterocycles. The zero-order chi connectivity index (χ0) is 12.6. The first kappa shape index (κ1) is 14.0. The van der Waals surface area contributed by atoms with Gasteiger partial charge in [-0.2, -0.15) is 0 Å². The lowest BCUT2D eigenvalue weighted by Gasteiger charge is -2.25. The molecule has 1 fully saturated rings. The van der Waals surface area contributed by atoms with E-state index in [4.69, 9.17) is 4.74 Å². The molecule has 0 aromatic rings. The zero-order valence-corrected chi connectivity index (χ0v) is 11.3. The van der Waals surface area contributed by atoms with Crippen molar-refractivity contribution in [3.63, 3.8) is 0 Å². The molecule has 0 spiro atoms. The number of hydrogen-bond donors (Lipinski definition) is 2. The van der Waals surface area contributed by atoms with Crippen molar-refractivity contribution in [2.45, 2.75) is 69.6 Å². The van der Waals surface area contributed by atoms with Gasteiger partial charge in [0.1, 0.15) is 0 Å². The van der Waals surface area contributed by atoms with Crippen LogP contribution in [0.5, 0.6) is 0 Å². The van der Waals surface area contributed by atoms with Gasteiger partial charge in [0.15, 0.2) is 0 Å². The molecule has 0 aromatic heterocycles. The number of allylic oxidation sites excluding steroid dienone is 1. The summed E-state index contributed by atoms with van der Waals surface area (Å²) in [7, 11) is 0. The number of rotatable bonds is 6. The molecule has 1 saturated carbocycles. The SMILES string of the molecule is OC(CNC1CC=CCC1)COC1CCCCC1. The van der Waals surface area contributed by atoms with Crippen molar-refractivity contribution in [3.8, 4) is 0 Å². The molecule has 3 nitrogen and oxygen atoms in total. The Balaban J connectivity index is 1.54. The molecule has 0 amide bonds. The second kappa shape index (κ2) is 7.93. The molecule has 104 valence electrons. The van der Waals surface area contributed by atoms with E-state index in [1.165, 1.54) is 38.5 Å². The molecule has 2 rings (SSSR count). The molecule has 2 N–H and O–H groups in total. The highest BCUT2D eigenvalue weighted by Gasteiger charge is 2.16. The van der Waals surface area contributed by atoms with Crippen molar-refractivity contribution in [2.24, 2.45) is 0 Å². The molecule has 2 aliphatic carbocycles. The highest BCUT2D eigenvalue weighted by molar-refractivity contribution is 4.93. The third-order valence-electron chi connectivity index (χ3n) is 3.99. The molecular weight excluding hydrogens is 226 g/mol. The van der Waals surface area contributed by atoms with Crippen LogP contribution < -0.4 is 5.32 Å². The van der Waals surface area contributed by atoms with E-state index in [0.717, 1.165) is 12.8 Å². The van der Waals surface area contributed by atoms with Crippen LogP contribution in [0.3, 0.4) is 0 Å². The maximum Gasteiger partial charge on any atom is 0.0897 e. The fourth-order valence-electron chi connectivity index (χ4n) is 2.82. The predicted molar refractivity (Wildman–Crippen MR) is 73.6 cm³/mol. The third kappa shape index (κ3) is 5.09. The number of hydrogen-bond acceptors (Lipinski definition) is 3. The smallest absolute Gasteiger partial charge is 0.0897 e. The average molecular weight is 253 g/mol. The molecule has 0 radical (unpaired) electrons. The molecule has 2 unspecified atom stereocenters. The lowest BCUT2D eigenvalue weighted by Crippen LogP contribution is -2.38. The second-order valence-electron chi connectivity index (χ2n) is 5.64. The van der Waals surface area contributed by atoms with Gasteiger partial charge in [-0.25, -0.2) is 0 Å². The van der Waals surface area contributed by atoms with Gasteiger partial charge >= 0.3 is 0 Å². The Labute approximate surface area is 111 Å². The maximum absolute atomic E-state index is 9.90. The molecule has 0 aromatic carbocycles. The Hall–Kier alpha value is -0.380. The van der Waals surface area contributed by atoms with Gasteiger partial charge in [0.2, 0.25) is 0 Å². The van der Waals surface area contributed by atoms with E-state index in [1.807, 2.05) is 0 Å². The number of aliphatic hydroxyl groups is 1. The molecule has 18 heavy (non-hydrogen) atoms. The number of aliphatic hydroxyl groups excluding tert-OH is 1. The first-order valence-corrected chi connectivity index (χ1v) is 7.52. The van der Waals surface area contributed by atoms with Gasteiger partial charge in [-0.3, -0.25) is 0 Å². The van der Waals surface area contributed by atoms with Crippen molar-refractivity contribution >= 4 is 0 Å². The summed E-state index contributed by atoms with van der Waals surface area (Å²) in [4.78, 5) is 0. The predicted octanol–water partition coefficient (Wildman–Crippen LogP) is 2.39. The lowest BCUT2D eigenvalue weighted by molar-refractivity contribution is -0.0236. The quantitative estimate of drug-likeness (QED) is 0.714. The number of nitrogens with one attached hydrogen (secondary N) is 1. The molecule has 0 saturated heterocycles. The fraction of sp³-hybridized carbons (Fsp3) is 0.867. The van der Waals surface area contributed by atoms with E-state index in [0.29, 0.717) is 25.3 Å². The Kier molecular flexibility index (Phi) is 6.18. The van der Waals surface area contributed by atoms with Crippen molar-refractivity contribution in [1.29, 1.82) is 0 Å². The largest absolute Gasteiger partial charge is 0.389 e. The van der Waals surface area contributed by atoms with Crippen molar-refractivity contribution in [3.05, 3.63) is 12.2 Å². The summed E-state index contributed by atoms with van der Waals surface area (Å²) in [5, 5.41) is 13.3. The summed E-state index contributed by atoms with van der Waals surface area (Å²) in [5.41, 5.74) is 0. The summed E-state index contributed by atoms with van der Waals surface area (Å²) in [5.74, 6) is 0. The van der Waals surface area contributed by atoms with Crippen LogP contribution >= 0.6 is 0 Å². The van der Waals surface area contributed by atoms with Crippen molar-refractivity contribution in [1.82, 2.24) is 5.32 Å². The minimum Gasteiger partial charge on any atom is -0.389 e. The van der Waals surface area contributed by atoms with Crippen LogP contribution in [0.15, 0.2) is 12.2 Å². The van der Waals surface area contributed by atoms with E-state index < -0.39 is 0 Å². The Morgan fingerprint density at radius 1 is 1.17 bits per heavy atom. The van der Waals surface area contributed by atoms with Gasteiger partial charge in [-0.15, -0.1) is 0 Å². The minimum absolute atomic E-state index is 0.363. The Morgan fingerprint density at radius 2 is 2.00 bits per heavy atom. The average Bonchev–Trinajstić information content (AvgIpc) is 2.45. The topological polar surface area (TPSA) is 41.5 Å². The highest BCUT2D eigenvalue weighted by Crippen LogP contribution is 2.20. The maximum atomic E-state index is 9.90. The molecule has 0 bridgehead atoms.